The van der Waals surface area contributed by atoms with Crippen LogP contribution in [0.5, 0.6) is 0 Å². The van der Waals surface area contributed by atoms with Gasteiger partial charge in [-0.2, -0.15) is 0 Å². The number of nitrogens with two attached hydrogens (primary N) is 1. The molecule has 0 aromatic carbocycles. The molecule has 0 fully saturated rings. The highest BCUT2D eigenvalue weighted by molar-refractivity contribution is 7.11. The van der Waals surface area contributed by atoms with Gasteiger partial charge in [0.1, 0.15) is 0 Å². The minimum absolute atomic E-state index is 0.282. The van der Waals surface area contributed by atoms with Gasteiger partial charge in [-0.3, -0.25) is 0 Å². The quantitative estimate of drug-likeness (QED) is 0.804. The second kappa shape index (κ2) is 6.20. The maximum atomic E-state index is 6.06. The summed E-state index contributed by atoms with van der Waals surface area (Å²) < 4.78 is 0. The molecule has 0 saturated heterocycles. The van der Waals surface area contributed by atoms with E-state index in [2.05, 4.69) is 24.0 Å². The molecule has 0 aliphatic carbocycles. The van der Waals surface area contributed by atoms with Crippen LogP contribution in [0, 0.1) is 6.92 Å². The topological polar surface area (TPSA) is 42.1 Å². The molecule has 1 unspecified atom stereocenters. The molecule has 1 aromatic heterocycles. The second-order valence-corrected chi connectivity index (χ2v) is 5.57. The Bertz CT molecular complexity index is 283. The summed E-state index contributed by atoms with van der Waals surface area (Å²) in [5, 5.41) is 1.13. The van der Waals surface area contributed by atoms with E-state index in [1.165, 1.54) is 11.3 Å². The van der Waals surface area contributed by atoms with Crippen LogP contribution in [0.4, 0.5) is 0 Å². The lowest BCUT2D eigenvalue weighted by Gasteiger charge is -2.12. The molecule has 1 heterocycles. The van der Waals surface area contributed by atoms with Gasteiger partial charge in [-0.1, -0.05) is 0 Å². The zero-order chi connectivity index (χ0) is 11.3. The molecule has 0 bridgehead atoms. The number of thiazole rings is 1. The molecular weight excluding hydrogens is 206 g/mol. The van der Waals surface area contributed by atoms with E-state index in [1.54, 1.807) is 11.3 Å². The van der Waals surface area contributed by atoms with Crippen molar-refractivity contribution in [2.24, 2.45) is 5.73 Å². The van der Waals surface area contributed by atoms with Crippen LogP contribution in [0.15, 0.2) is 6.20 Å². The van der Waals surface area contributed by atoms with Crippen LogP contribution in [0.25, 0.3) is 0 Å². The summed E-state index contributed by atoms with van der Waals surface area (Å²) in [7, 11) is 4.19. The van der Waals surface area contributed by atoms with Gasteiger partial charge in [0.25, 0.3) is 0 Å². The molecule has 86 valence electrons. The van der Waals surface area contributed by atoms with E-state index >= 15 is 0 Å². The van der Waals surface area contributed by atoms with Gasteiger partial charge in [-0.25, -0.2) is 4.98 Å². The lowest BCUT2D eigenvalue weighted by Crippen LogP contribution is -2.24. The molecule has 0 amide bonds. The first-order valence-electron chi connectivity index (χ1n) is 5.39. The summed E-state index contributed by atoms with van der Waals surface area (Å²) >= 11 is 1.75. The molecule has 0 saturated carbocycles. The number of nitrogens with zero attached hydrogens (tertiary/aromatic N) is 2. The Morgan fingerprint density at radius 2 is 2.27 bits per heavy atom. The van der Waals surface area contributed by atoms with Gasteiger partial charge in [0.2, 0.25) is 0 Å². The molecule has 1 atom stereocenters. The minimum Gasteiger partial charge on any atom is -0.327 e. The Morgan fingerprint density at radius 1 is 1.53 bits per heavy atom. The predicted molar refractivity (Wildman–Crippen MR) is 66.3 cm³/mol. The number of aromatic nitrogens is 1. The van der Waals surface area contributed by atoms with E-state index in [0.29, 0.717) is 0 Å². The normalized spacial score (nSPS) is 13.4. The van der Waals surface area contributed by atoms with E-state index in [9.17, 15) is 0 Å². The SMILES string of the molecule is Cc1ncc(CC(N)CCCN(C)C)s1. The highest BCUT2D eigenvalue weighted by Gasteiger charge is 2.06. The fraction of sp³-hybridized carbons (Fsp3) is 0.727. The molecular formula is C11H21N3S. The van der Waals surface area contributed by atoms with Gasteiger partial charge in [-0.05, 0) is 46.8 Å². The van der Waals surface area contributed by atoms with Gasteiger partial charge in [0.05, 0.1) is 5.01 Å². The van der Waals surface area contributed by atoms with E-state index < -0.39 is 0 Å². The van der Waals surface area contributed by atoms with Crippen molar-refractivity contribution in [1.82, 2.24) is 9.88 Å². The second-order valence-electron chi connectivity index (χ2n) is 4.26. The molecule has 2 N–H and O–H groups in total. The lowest BCUT2D eigenvalue weighted by atomic mass is 10.1. The van der Waals surface area contributed by atoms with Crippen LogP contribution < -0.4 is 5.73 Å². The Hall–Kier alpha value is -0.450. The van der Waals surface area contributed by atoms with Crippen molar-refractivity contribution >= 4 is 11.3 Å². The minimum atomic E-state index is 0.282. The van der Waals surface area contributed by atoms with E-state index in [4.69, 9.17) is 5.73 Å². The first-order valence-corrected chi connectivity index (χ1v) is 6.21. The summed E-state index contributed by atoms with van der Waals surface area (Å²) in [5.41, 5.74) is 6.06. The summed E-state index contributed by atoms with van der Waals surface area (Å²) in [6.45, 7) is 3.15. The van der Waals surface area contributed by atoms with E-state index in [-0.39, 0.29) is 6.04 Å². The third-order valence-corrected chi connectivity index (χ3v) is 3.25. The monoisotopic (exact) mass is 227 g/mol. The average molecular weight is 227 g/mol. The lowest BCUT2D eigenvalue weighted by molar-refractivity contribution is 0.384. The van der Waals surface area contributed by atoms with Gasteiger partial charge in [-0.15, -0.1) is 11.3 Å². The maximum absolute atomic E-state index is 6.06. The van der Waals surface area contributed by atoms with Crippen molar-refractivity contribution in [3.05, 3.63) is 16.1 Å². The van der Waals surface area contributed by atoms with Crippen molar-refractivity contribution in [3.8, 4) is 0 Å². The summed E-state index contributed by atoms with van der Waals surface area (Å²) in [6.07, 6.45) is 5.19. The van der Waals surface area contributed by atoms with Crippen molar-refractivity contribution in [1.29, 1.82) is 0 Å². The molecule has 1 aromatic rings. The standard InChI is InChI=1S/C11H21N3S/c1-9-13-8-11(15-9)7-10(12)5-4-6-14(2)3/h8,10H,4-7,12H2,1-3H3. The fourth-order valence-electron chi connectivity index (χ4n) is 1.53. The first-order chi connectivity index (χ1) is 7.08. The summed E-state index contributed by atoms with van der Waals surface area (Å²) in [4.78, 5) is 7.74. The first kappa shape index (κ1) is 12.6. The van der Waals surface area contributed by atoms with Crippen molar-refractivity contribution in [3.63, 3.8) is 0 Å². The van der Waals surface area contributed by atoms with E-state index in [1.807, 2.05) is 13.1 Å². The molecule has 15 heavy (non-hydrogen) atoms. The molecule has 0 radical (unpaired) electrons. The zero-order valence-corrected chi connectivity index (χ0v) is 10.7. The Labute approximate surface area is 96.3 Å². The molecule has 3 nitrogen and oxygen atoms in total. The summed E-state index contributed by atoms with van der Waals surface area (Å²) in [6, 6.07) is 0.282. The Morgan fingerprint density at radius 3 is 2.80 bits per heavy atom. The van der Waals surface area contributed by atoms with Gasteiger partial charge in [0.15, 0.2) is 0 Å². The zero-order valence-electron chi connectivity index (χ0n) is 9.86. The van der Waals surface area contributed by atoms with Crippen LogP contribution in [-0.4, -0.2) is 36.6 Å². The van der Waals surface area contributed by atoms with Crippen LogP contribution in [0.3, 0.4) is 0 Å². The average Bonchev–Trinajstić information content (AvgIpc) is 2.50. The van der Waals surface area contributed by atoms with Crippen LogP contribution in [0.2, 0.25) is 0 Å². The number of rotatable bonds is 6. The van der Waals surface area contributed by atoms with Gasteiger partial charge < -0.3 is 10.6 Å². The predicted octanol–water partition coefficient (Wildman–Crippen LogP) is 1.66. The third-order valence-electron chi connectivity index (χ3n) is 2.31. The molecule has 0 spiro atoms. The van der Waals surface area contributed by atoms with Crippen molar-refractivity contribution in [2.45, 2.75) is 32.2 Å². The Balaban J connectivity index is 2.21. The maximum Gasteiger partial charge on any atom is 0.0896 e. The molecule has 0 aliphatic heterocycles. The highest BCUT2D eigenvalue weighted by atomic mass is 32.1. The number of hydrogen-bond donors (Lipinski definition) is 1. The van der Waals surface area contributed by atoms with Crippen molar-refractivity contribution in [2.75, 3.05) is 20.6 Å². The van der Waals surface area contributed by atoms with Crippen LogP contribution in [-0.2, 0) is 6.42 Å². The van der Waals surface area contributed by atoms with Crippen molar-refractivity contribution < 1.29 is 0 Å². The molecule has 1 rings (SSSR count). The van der Waals surface area contributed by atoms with Crippen LogP contribution >= 0.6 is 11.3 Å². The van der Waals surface area contributed by atoms with Crippen LogP contribution in [0.1, 0.15) is 22.7 Å². The van der Waals surface area contributed by atoms with E-state index in [0.717, 1.165) is 24.4 Å². The third kappa shape index (κ3) is 5.25. The van der Waals surface area contributed by atoms with Gasteiger partial charge in [0, 0.05) is 17.1 Å². The molecule has 0 aliphatic rings. The molecule has 4 heteroatoms. The smallest absolute Gasteiger partial charge is 0.0896 e. The largest absolute Gasteiger partial charge is 0.327 e. The highest BCUT2D eigenvalue weighted by Crippen LogP contribution is 2.14. The fourth-order valence-corrected chi connectivity index (χ4v) is 2.42. The number of hydrogen-bond acceptors (Lipinski definition) is 4. The number of aryl methyl sites for hydroxylation is 1. The Kier molecular flexibility index (Phi) is 5.22. The summed E-state index contributed by atoms with van der Waals surface area (Å²) in [5.74, 6) is 0. The van der Waals surface area contributed by atoms with Gasteiger partial charge >= 0.3 is 0 Å².